The van der Waals surface area contributed by atoms with Crippen molar-refractivity contribution < 1.29 is 9.90 Å². The number of carbonyl (C=O) groups excluding carboxylic acids is 1. The summed E-state index contributed by atoms with van der Waals surface area (Å²) < 4.78 is 1.59. The van der Waals surface area contributed by atoms with Crippen LogP contribution in [0.25, 0.3) is 5.69 Å². The maximum absolute atomic E-state index is 11.9. The number of hydrogen-bond acceptors (Lipinski definition) is 4. The van der Waals surface area contributed by atoms with E-state index >= 15 is 0 Å². The summed E-state index contributed by atoms with van der Waals surface area (Å²) >= 11 is 5.98. The van der Waals surface area contributed by atoms with Crippen molar-refractivity contribution in [2.45, 2.75) is 19.4 Å². The molecule has 6 heteroatoms. The maximum atomic E-state index is 11.9. The third-order valence-corrected chi connectivity index (χ3v) is 3.26. The summed E-state index contributed by atoms with van der Waals surface area (Å²) in [6.45, 7) is -0.224. The van der Waals surface area contributed by atoms with Crippen LogP contribution in [0.2, 0.25) is 5.02 Å². The van der Waals surface area contributed by atoms with Crippen molar-refractivity contribution in [2.24, 2.45) is 0 Å². The van der Waals surface area contributed by atoms with Crippen molar-refractivity contribution >= 4 is 17.4 Å². The number of nitrogens with zero attached hydrogens (tertiary/aromatic N) is 3. The minimum absolute atomic E-state index is 0.0781. The summed E-state index contributed by atoms with van der Waals surface area (Å²) in [6, 6.07) is 5.34. The SMILES string of the molecule is O=C1Cc2ccc(Cl)cc2-n2nnc(CO)c2C1. The molecule has 0 fully saturated rings. The van der Waals surface area contributed by atoms with Crippen LogP contribution in [-0.4, -0.2) is 25.9 Å². The molecule has 3 rings (SSSR count). The molecular weight excluding hydrogens is 254 g/mol. The van der Waals surface area contributed by atoms with Gasteiger partial charge in [0.2, 0.25) is 0 Å². The Hall–Kier alpha value is -1.72. The van der Waals surface area contributed by atoms with E-state index in [1.165, 1.54) is 0 Å². The van der Waals surface area contributed by atoms with Gasteiger partial charge in [0, 0.05) is 11.4 Å². The van der Waals surface area contributed by atoms with Crippen molar-refractivity contribution in [1.82, 2.24) is 15.0 Å². The molecule has 18 heavy (non-hydrogen) atoms. The number of rotatable bonds is 1. The van der Waals surface area contributed by atoms with Gasteiger partial charge in [-0.3, -0.25) is 4.79 Å². The van der Waals surface area contributed by atoms with Gasteiger partial charge in [-0.05, 0) is 17.7 Å². The molecule has 0 saturated carbocycles. The number of halogens is 1. The summed E-state index contributed by atoms with van der Waals surface area (Å²) in [5.41, 5.74) is 2.72. The lowest BCUT2D eigenvalue weighted by atomic mass is 10.1. The molecule has 0 amide bonds. The highest BCUT2D eigenvalue weighted by atomic mass is 35.5. The molecule has 5 nitrogen and oxygen atoms in total. The number of aromatic nitrogens is 3. The Kier molecular flexibility index (Phi) is 2.65. The zero-order valence-electron chi connectivity index (χ0n) is 9.43. The molecule has 0 atom stereocenters. The number of ketones is 1. The molecule has 0 spiro atoms. The minimum atomic E-state index is -0.224. The Morgan fingerprint density at radius 3 is 3.00 bits per heavy atom. The van der Waals surface area contributed by atoms with Gasteiger partial charge in [-0.25, -0.2) is 4.68 Å². The van der Waals surface area contributed by atoms with E-state index in [2.05, 4.69) is 10.3 Å². The molecule has 1 aliphatic rings. The number of aliphatic hydroxyl groups excluding tert-OH is 1. The quantitative estimate of drug-likeness (QED) is 0.836. The summed E-state index contributed by atoms with van der Waals surface area (Å²) in [5.74, 6) is 0.0781. The van der Waals surface area contributed by atoms with Crippen LogP contribution in [0.15, 0.2) is 18.2 Å². The van der Waals surface area contributed by atoms with Gasteiger partial charge in [0.05, 0.1) is 24.4 Å². The Bertz CT molecular complexity index is 636. The normalized spacial score (nSPS) is 14.0. The standard InChI is InChI=1S/C12H10ClN3O2/c13-8-2-1-7-3-9(18)5-12-10(6-17)14-15-16(12)11(7)4-8/h1-2,4,17H,3,5-6H2. The molecule has 0 radical (unpaired) electrons. The van der Waals surface area contributed by atoms with Crippen LogP contribution in [-0.2, 0) is 24.2 Å². The highest BCUT2D eigenvalue weighted by Crippen LogP contribution is 2.25. The van der Waals surface area contributed by atoms with Crippen LogP contribution in [0.3, 0.4) is 0 Å². The van der Waals surface area contributed by atoms with Crippen molar-refractivity contribution in [2.75, 3.05) is 0 Å². The Labute approximate surface area is 108 Å². The van der Waals surface area contributed by atoms with E-state index in [-0.39, 0.29) is 18.8 Å². The van der Waals surface area contributed by atoms with Gasteiger partial charge in [0.1, 0.15) is 11.5 Å². The van der Waals surface area contributed by atoms with Crippen molar-refractivity contribution in [1.29, 1.82) is 0 Å². The second-order valence-electron chi connectivity index (χ2n) is 4.22. The number of fused-ring (bicyclic) bond motifs is 3. The second-order valence-corrected chi connectivity index (χ2v) is 4.65. The number of Topliss-reactive ketones (excluding diaryl/α,β-unsaturated/α-hetero) is 1. The van der Waals surface area contributed by atoms with Crippen LogP contribution in [0.5, 0.6) is 0 Å². The Balaban J connectivity index is 2.27. The van der Waals surface area contributed by atoms with Crippen LogP contribution >= 0.6 is 11.6 Å². The summed E-state index contributed by atoms with van der Waals surface area (Å²) in [5, 5.41) is 17.7. The first kappa shape index (κ1) is 11.4. The molecule has 1 aromatic carbocycles. The lowest BCUT2D eigenvalue weighted by Gasteiger charge is -2.07. The van der Waals surface area contributed by atoms with Gasteiger partial charge >= 0.3 is 0 Å². The van der Waals surface area contributed by atoms with E-state index in [0.29, 0.717) is 22.8 Å². The largest absolute Gasteiger partial charge is 0.390 e. The number of carbonyl (C=O) groups is 1. The first-order valence-electron chi connectivity index (χ1n) is 5.54. The molecule has 0 bridgehead atoms. The highest BCUT2D eigenvalue weighted by molar-refractivity contribution is 6.30. The van der Waals surface area contributed by atoms with E-state index < -0.39 is 0 Å². The number of aliphatic hydroxyl groups is 1. The zero-order chi connectivity index (χ0) is 12.7. The van der Waals surface area contributed by atoms with Gasteiger partial charge in [0.25, 0.3) is 0 Å². The molecule has 2 aromatic rings. The zero-order valence-corrected chi connectivity index (χ0v) is 10.2. The van der Waals surface area contributed by atoms with Gasteiger partial charge in [-0.15, -0.1) is 5.10 Å². The van der Waals surface area contributed by atoms with Gasteiger partial charge in [-0.2, -0.15) is 0 Å². The van der Waals surface area contributed by atoms with Crippen LogP contribution < -0.4 is 0 Å². The van der Waals surface area contributed by atoms with E-state index in [1.54, 1.807) is 16.8 Å². The van der Waals surface area contributed by atoms with Crippen LogP contribution in [0.1, 0.15) is 17.0 Å². The smallest absolute Gasteiger partial charge is 0.143 e. The fourth-order valence-electron chi connectivity index (χ4n) is 2.17. The van der Waals surface area contributed by atoms with Crippen molar-refractivity contribution in [3.8, 4) is 5.69 Å². The molecule has 1 N–H and O–H groups in total. The average molecular weight is 264 g/mol. The summed E-state index contributed by atoms with van der Waals surface area (Å²) in [7, 11) is 0. The highest BCUT2D eigenvalue weighted by Gasteiger charge is 2.23. The lowest BCUT2D eigenvalue weighted by molar-refractivity contribution is -0.117. The molecule has 1 aromatic heterocycles. The first-order valence-corrected chi connectivity index (χ1v) is 5.91. The first-order chi connectivity index (χ1) is 8.69. The molecule has 1 aliphatic heterocycles. The van der Waals surface area contributed by atoms with Gasteiger partial charge in [-0.1, -0.05) is 22.9 Å². The predicted molar refractivity (Wildman–Crippen MR) is 64.7 cm³/mol. The molecule has 0 aliphatic carbocycles. The Morgan fingerprint density at radius 2 is 2.22 bits per heavy atom. The van der Waals surface area contributed by atoms with Crippen molar-refractivity contribution in [3.05, 3.63) is 40.2 Å². The number of hydrogen-bond donors (Lipinski definition) is 1. The lowest BCUT2D eigenvalue weighted by Crippen LogP contribution is -2.07. The molecule has 0 saturated heterocycles. The molecule has 2 heterocycles. The van der Waals surface area contributed by atoms with E-state index in [0.717, 1.165) is 11.3 Å². The van der Waals surface area contributed by atoms with E-state index in [9.17, 15) is 9.90 Å². The molecular formula is C12H10ClN3O2. The third-order valence-electron chi connectivity index (χ3n) is 3.02. The van der Waals surface area contributed by atoms with Crippen LogP contribution in [0, 0.1) is 0 Å². The topological polar surface area (TPSA) is 68.0 Å². The fraction of sp³-hybridized carbons (Fsp3) is 0.250. The van der Waals surface area contributed by atoms with Crippen molar-refractivity contribution in [3.63, 3.8) is 0 Å². The minimum Gasteiger partial charge on any atom is -0.390 e. The summed E-state index contributed by atoms with van der Waals surface area (Å²) in [4.78, 5) is 11.9. The summed E-state index contributed by atoms with van der Waals surface area (Å²) in [6.07, 6.45) is 0.579. The number of benzene rings is 1. The fourth-order valence-corrected chi connectivity index (χ4v) is 2.34. The van der Waals surface area contributed by atoms with Gasteiger partial charge < -0.3 is 5.11 Å². The maximum Gasteiger partial charge on any atom is 0.143 e. The van der Waals surface area contributed by atoms with Crippen LogP contribution in [0.4, 0.5) is 0 Å². The van der Waals surface area contributed by atoms with Gasteiger partial charge in [0.15, 0.2) is 0 Å². The molecule has 0 unspecified atom stereocenters. The Morgan fingerprint density at radius 1 is 1.39 bits per heavy atom. The predicted octanol–water partition coefficient (Wildman–Crippen LogP) is 1.08. The second kappa shape index (κ2) is 4.19. The van der Waals surface area contributed by atoms with E-state index in [1.807, 2.05) is 6.07 Å². The third kappa shape index (κ3) is 1.72. The van der Waals surface area contributed by atoms with E-state index in [4.69, 9.17) is 11.6 Å². The molecule has 92 valence electrons. The monoisotopic (exact) mass is 263 g/mol. The average Bonchev–Trinajstić information content (AvgIpc) is 2.68.